The number of anilines is 1. The van der Waals surface area contributed by atoms with Crippen molar-refractivity contribution in [2.45, 2.75) is 6.54 Å². The minimum absolute atomic E-state index is 0.0200. The van der Waals surface area contributed by atoms with Crippen LogP contribution in [0.15, 0.2) is 41.6 Å². The van der Waals surface area contributed by atoms with Gasteiger partial charge in [-0.3, -0.25) is 0 Å². The monoisotopic (exact) mass is 311 g/mol. The molecular formula is C14H12ClF2N3O. The largest absolute Gasteiger partial charge is 0.409 e. The quantitative estimate of drug-likeness (QED) is 0.351. The number of oxime groups is 1. The third kappa shape index (κ3) is 3.41. The highest BCUT2D eigenvalue weighted by atomic mass is 35.5. The van der Waals surface area contributed by atoms with E-state index in [-0.39, 0.29) is 34.2 Å². The summed E-state index contributed by atoms with van der Waals surface area (Å²) in [5.74, 6) is -1.49. The van der Waals surface area contributed by atoms with Gasteiger partial charge in [0.1, 0.15) is 11.6 Å². The highest BCUT2D eigenvalue weighted by Crippen LogP contribution is 2.20. The van der Waals surface area contributed by atoms with Crippen LogP contribution < -0.4 is 11.1 Å². The van der Waals surface area contributed by atoms with Gasteiger partial charge in [0.15, 0.2) is 5.84 Å². The maximum Gasteiger partial charge on any atom is 0.173 e. The zero-order chi connectivity index (χ0) is 15.4. The minimum atomic E-state index is -0.630. The second-order valence-electron chi connectivity index (χ2n) is 4.24. The molecule has 0 saturated heterocycles. The molecule has 0 amide bonds. The normalized spacial score (nSPS) is 11.5. The summed E-state index contributed by atoms with van der Waals surface area (Å²) in [6.07, 6.45) is 0. The summed E-state index contributed by atoms with van der Waals surface area (Å²) >= 11 is 5.65. The van der Waals surface area contributed by atoms with Crippen molar-refractivity contribution in [2.24, 2.45) is 10.9 Å². The Labute approximate surface area is 124 Å². The van der Waals surface area contributed by atoms with Gasteiger partial charge in [-0.15, -0.1) is 0 Å². The molecule has 0 aliphatic carbocycles. The van der Waals surface area contributed by atoms with Crippen molar-refractivity contribution in [3.8, 4) is 0 Å². The highest BCUT2D eigenvalue weighted by Gasteiger charge is 2.12. The van der Waals surface area contributed by atoms with Gasteiger partial charge in [0.05, 0.1) is 11.3 Å². The van der Waals surface area contributed by atoms with Crippen molar-refractivity contribution < 1.29 is 14.0 Å². The van der Waals surface area contributed by atoms with E-state index in [0.717, 1.165) is 6.07 Å². The van der Waals surface area contributed by atoms with Gasteiger partial charge in [-0.05, 0) is 24.3 Å². The lowest BCUT2D eigenvalue weighted by Crippen LogP contribution is -2.16. The van der Waals surface area contributed by atoms with Crippen LogP contribution in [0.25, 0.3) is 0 Å². The summed E-state index contributed by atoms with van der Waals surface area (Å²) < 4.78 is 27.8. The molecule has 0 aliphatic rings. The van der Waals surface area contributed by atoms with E-state index < -0.39 is 11.6 Å². The molecule has 0 radical (unpaired) electrons. The zero-order valence-electron chi connectivity index (χ0n) is 10.8. The van der Waals surface area contributed by atoms with Gasteiger partial charge < -0.3 is 16.3 Å². The molecule has 0 unspecified atom stereocenters. The van der Waals surface area contributed by atoms with Gasteiger partial charge in [0, 0.05) is 17.1 Å². The van der Waals surface area contributed by atoms with E-state index in [9.17, 15) is 8.78 Å². The van der Waals surface area contributed by atoms with E-state index in [0.29, 0.717) is 0 Å². The van der Waals surface area contributed by atoms with Crippen LogP contribution in [0.2, 0.25) is 5.02 Å². The summed E-state index contributed by atoms with van der Waals surface area (Å²) in [6, 6.07) is 8.61. The van der Waals surface area contributed by atoms with Crippen molar-refractivity contribution in [1.29, 1.82) is 0 Å². The van der Waals surface area contributed by atoms with Crippen LogP contribution in [0, 0.1) is 11.6 Å². The van der Waals surface area contributed by atoms with Crippen molar-refractivity contribution in [3.63, 3.8) is 0 Å². The Balaban J connectivity index is 2.21. The topological polar surface area (TPSA) is 70.6 Å². The number of hydrogen-bond donors (Lipinski definition) is 3. The SMILES string of the molecule is N/C(=N/O)c1cccc(CNc2ccc(Cl)cc2F)c1F. The van der Waals surface area contributed by atoms with Crippen molar-refractivity contribution in [3.05, 3.63) is 64.2 Å². The van der Waals surface area contributed by atoms with Crippen molar-refractivity contribution in [2.75, 3.05) is 5.32 Å². The van der Waals surface area contributed by atoms with Gasteiger partial charge in [0.25, 0.3) is 0 Å². The fourth-order valence-corrected chi connectivity index (χ4v) is 1.95. The summed E-state index contributed by atoms with van der Waals surface area (Å²) in [7, 11) is 0. The first kappa shape index (κ1) is 15.1. The van der Waals surface area contributed by atoms with Crippen molar-refractivity contribution >= 4 is 23.1 Å². The van der Waals surface area contributed by atoms with Gasteiger partial charge in [-0.1, -0.05) is 28.9 Å². The van der Waals surface area contributed by atoms with E-state index in [1.165, 1.54) is 24.3 Å². The van der Waals surface area contributed by atoms with E-state index in [1.807, 2.05) is 0 Å². The summed E-state index contributed by atoms with van der Waals surface area (Å²) in [5.41, 5.74) is 5.82. The van der Waals surface area contributed by atoms with Crippen LogP contribution in [0.1, 0.15) is 11.1 Å². The van der Waals surface area contributed by atoms with Gasteiger partial charge in [-0.2, -0.15) is 0 Å². The number of nitrogens with one attached hydrogen (secondary N) is 1. The van der Waals surface area contributed by atoms with Crippen LogP contribution in [-0.2, 0) is 6.54 Å². The first-order valence-electron chi connectivity index (χ1n) is 5.97. The Morgan fingerprint density at radius 3 is 2.71 bits per heavy atom. The molecule has 7 heteroatoms. The summed E-state index contributed by atoms with van der Waals surface area (Å²) in [5, 5.41) is 14.4. The zero-order valence-corrected chi connectivity index (χ0v) is 11.5. The molecule has 2 aromatic carbocycles. The van der Waals surface area contributed by atoms with Crippen LogP contribution in [0.4, 0.5) is 14.5 Å². The van der Waals surface area contributed by atoms with Crippen LogP contribution in [-0.4, -0.2) is 11.0 Å². The molecule has 21 heavy (non-hydrogen) atoms. The molecule has 0 aromatic heterocycles. The number of halogens is 3. The fraction of sp³-hybridized carbons (Fsp3) is 0.0714. The second-order valence-corrected chi connectivity index (χ2v) is 4.68. The van der Waals surface area contributed by atoms with E-state index in [4.69, 9.17) is 22.5 Å². The Morgan fingerprint density at radius 1 is 1.29 bits per heavy atom. The number of nitrogens with two attached hydrogens (primary N) is 1. The third-order valence-electron chi connectivity index (χ3n) is 2.86. The maximum absolute atomic E-state index is 14.2. The molecule has 0 fully saturated rings. The van der Waals surface area contributed by atoms with E-state index in [2.05, 4.69) is 10.5 Å². The van der Waals surface area contributed by atoms with Crippen LogP contribution in [0.5, 0.6) is 0 Å². The summed E-state index contributed by atoms with van der Waals surface area (Å²) in [6.45, 7) is 0.0386. The predicted octanol–water partition coefficient (Wildman–Crippen LogP) is 3.32. The Morgan fingerprint density at radius 2 is 2.05 bits per heavy atom. The molecule has 0 saturated carbocycles. The molecule has 0 atom stereocenters. The molecule has 0 bridgehead atoms. The van der Waals surface area contributed by atoms with Gasteiger partial charge in [-0.25, -0.2) is 8.78 Å². The third-order valence-corrected chi connectivity index (χ3v) is 3.10. The Kier molecular flexibility index (Phi) is 4.59. The Hall–Kier alpha value is -2.34. The predicted molar refractivity (Wildman–Crippen MR) is 77.6 cm³/mol. The average Bonchev–Trinajstić information content (AvgIpc) is 2.47. The minimum Gasteiger partial charge on any atom is -0.409 e. The molecule has 4 nitrogen and oxygen atoms in total. The molecule has 0 spiro atoms. The standard InChI is InChI=1S/C14H12ClF2N3O/c15-9-4-5-12(11(16)6-9)19-7-8-2-1-3-10(13(8)17)14(18)20-21/h1-6,19,21H,7H2,(H2,18,20). The number of hydrogen-bond acceptors (Lipinski definition) is 3. The molecule has 2 rings (SSSR count). The Bertz CT molecular complexity index is 692. The smallest absolute Gasteiger partial charge is 0.173 e. The maximum atomic E-state index is 14.2. The lowest BCUT2D eigenvalue weighted by Gasteiger charge is -2.10. The lowest BCUT2D eigenvalue weighted by atomic mass is 10.1. The molecule has 0 aliphatic heterocycles. The number of nitrogens with zero attached hydrogens (tertiary/aromatic N) is 1. The van der Waals surface area contributed by atoms with Gasteiger partial charge >= 0.3 is 0 Å². The van der Waals surface area contributed by atoms with Crippen LogP contribution >= 0.6 is 11.6 Å². The second kappa shape index (κ2) is 6.41. The average molecular weight is 312 g/mol. The molecular weight excluding hydrogens is 300 g/mol. The van der Waals surface area contributed by atoms with E-state index in [1.54, 1.807) is 6.07 Å². The number of amidine groups is 1. The first-order chi connectivity index (χ1) is 10.0. The number of rotatable bonds is 4. The lowest BCUT2D eigenvalue weighted by molar-refractivity contribution is 0.318. The van der Waals surface area contributed by atoms with E-state index >= 15 is 0 Å². The molecule has 110 valence electrons. The molecule has 4 N–H and O–H groups in total. The molecule has 2 aromatic rings. The van der Waals surface area contributed by atoms with Crippen LogP contribution in [0.3, 0.4) is 0 Å². The fourth-order valence-electron chi connectivity index (χ4n) is 1.79. The van der Waals surface area contributed by atoms with Gasteiger partial charge in [0.2, 0.25) is 0 Å². The molecule has 0 heterocycles. The number of benzene rings is 2. The highest BCUT2D eigenvalue weighted by molar-refractivity contribution is 6.30. The summed E-state index contributed by atoms with van der Waals surface area (Å²) in [4.78, 5) is 0. The van der Waals surface area contributed by atoms with Crippen molar-refractivity contribution in [1.82, 2.24) is 0 Å². The first-order valence-corrected chi connectivity index (χ1v) is 6.35.